The molecule has 0 bridgehead atoms. The Kier molecular flexibility index (Phi) is 4.30. The van der Waals surface area contributed by atoms with E-state index >= 15 is 0 Å². The standard InChI is InChI=1S/C11H8F7NO/c12-9(13,10(14,15)11(16,17)18)6-8(20)19-7-4-2-1-3-5-7/h1-5H,6H2,(H,19,20). The minimum atomic E-state index is -6.44. The van der Waals surface area contributed by atoms with Gasteiger partial charge in [-0.1, -0.05) is 18.2 Å². The quantitative estimate of drug-likeness (QED) is 0.841. The van der Waals surface area contributed by atoms with E-state index in [4.69, 9.17) is 0 Å². The van der Waals surface area contributed by atoms with Crippen LogP contribution in [0.5, 0.6) is 0 Å². The molecular weight excluding hydrogens is 295 g/mol. The average molecular weight is 303 g/mol. The topological polar surface area (TPSA) is 29.1 Å². The number of hydrogen-bond acceptors (Lipinski definition) is 1. The third-order valence-electron chi connectivity index (χ3n) is 2.26. The van der Waals surface area contributed by atoms with Crippen LogP contribution in [-0.4, -0.2) is 23.9 Å². The number of carbonyl (C=O) groups is 1. The fourth-order valence-corrected chi connectivity index (χ4v) is 1.25. The van der Waals surface area contributed by atoms with E-state index in [0.717, 1.165) is 0 Å². The third-order valence-corrected chi connectivity index (χ3v) is 2.26. The van der Waals surface area contributed by atoms with Crippen LogP contribution in [-0.2, 0) is 4.79 Å². The zero-order valence-corrected chi connectivity index (χ0v) is 9.65. The maximum atomic E-state index is 12.9. The van der Waals surface area contributed by atoms with Gasteiger partial charge in [-0.05, 0) is 12.1 Å². The van der Waals surface area contributed by atoms with Crippen molar-refractivity contribution < 1.29 is 35.5 Å². The number of amides is 1. The van der Waals surface area contributed by atoms with Gasteiger partial charge in [-0.3, -0.25) is 4.79 Å². The average Bonchev–Trinajstić information content (AvgIpc) is 2.27. The zero-order chi connectivity index (χ0) is 15.6. The van der Waals surface area contributed by atoms with Gasteiger partial charge in [0.2, 0.25) is 5.91 Å². The number of hydrogen-bond donors (Lipinski definition) is 1. The maximum absolute atomic E-state index is 12.9. The summed E-state index contributed by atoms with van der Waals surface area (Å²) < 4.78 is 86.5. The highest BCUT2D eigenvalue weighted by molar-refractivity contribution is 5.91. The first kappa shape index (κ1) is 16.3. The van der Waals surface area contributed by atoms with Gasteiger partial charge >= 0.3 is 18.0 Å². The van der Waals surface area contributed by atoms with Gasteiger partial charge in [0.15, 0.2) is 0 Å². The van der Waals surface area contributed by atoms with Gasteiger partial charge in [-0.25, -0.2) is 0 Å². The second-order valence-electron chi connectivity index (χ2n) is 3.87. The zero-order valence-electron chi connectivity index (χ0n) is 9.65. The van der Waals surface area contributed by atoms with Crippen molar-refractivity contribution in [1.29, 1.82) is 0 Å². The molecule has 0 aliphatic heterocycles. The smallest absolute Gasteiger partial charge is 0.326 e. The van der Waals surface area contributed by atoms with Crippen molar-refractivity contribution in [2.24, 2.45) is 0 Å². The van der Waals surface area contributed by atoms with Crippen LogP contribution in [0.15, 0.2) is 30.3 Å². The number of alkyl halides is 7. The fraction of sp³-hybridized carbons (Fsp3) is 0.364. The van der Waals surface area contributed by atoms with Crippen LogP contribution in [0.4, 0.5) is 36.4 Å². The van der Waals surface area contributed by atoms with Crippen LogP contribution in [0.1, 0.15) is 6.42 Å². The molecule has 1 N–H and O–H groups in total. The lowest BCUT2D eigenvalue weighted by Gasteiger charge is -2.27. The lowest BCUT2D eigenvalue weighted by atomic mass is 10.1. The largest absolute Gasteiger partial charge is 0.459 e. The summed E-state index contributed by atoms with van der Waals surface area (Å²) >= 11 is 0. The highest BCUT2D eigenvalue weighted by Crippen LogP contribution is 2.48. The number of anilines is 1. The normalized spacial score (nSPS) is 13.2. The second kappa shape index (κ2) is 5.29. The summed E-state index contributed by atoms with van der Waals surface area (Å²) in [6, 6.07) is 6.88. The Balaban J connectivity index is 2.79. The molecule has 0 unspecified atom stereocenters. The van der Waals surface area contributed by atoms with Gasteiger partial charge in [0.05, 0.1) is 6.42 Å². The maximum Gasteiger partial charge on any atom is 0.459 e. The summed E-state index contributed by atoms with van der Waals surface area (Å²) in [7, 11) is 0. The Morgan fingerprint density at radius 2 is 1.45 bits per heavy atom. The van der Waals surface area contributed by atoms with Crippen molar-refractivity contribution in [3.8, 4) is 0 Å². The van der Waals surface area contributed by atoms with E-state index in [1.54, 1.807) is 5.32 Å². The Hall–Kier alpha value is -1.80. The third kappa shape index (κ3) is 3.40. The van der Waals surface area contributed by atoms with Crippen molar-refractivity contribution in [3.63, 3.8) is 0 Å². The van der Waals surface area contributed by atoms with Crippen LogP contribution >= 0.6 is 0 Å². The summed E-state index contributed by atoms with van der Waals surface area (Å²) in [5, 5.41) is 1.80. The molecule has 0 saturated heterocycles. The van der Waals surface area contributed by atoms with Crippen molar-refractivity contribution >= 4 is 11.6 Å². The SMILES string of the molecule is O=C(CC(F)(F)C(F)(F)C(F)(F)F)Nc1ccccc1. The van der Waals surface area contributed by atoms with Gasteiger partial charge in [-0.2, -0.15) is 30.7 Å². The number of rotatable bonds is 4. The molecule has 2 nitrogen and oxygen atoms in total. The Morgan fingerprint density at radius 3 is 1.90 bits per heavy atom. The molecule has 0 spiro atoms. The van der Waals surface area contributed by atoms with Crippen molar-refractivity contribution in [3.05, 3.63) is 30.3 Å². The molecule has 0 aliphatic rings. The summed E-state index contributed by atoms with van der Waals surface area (Å²) in [4.78, 5) is 11.1. The van der Waals surface area contributed by atoms with Crippen molar-refractivity contribution in [1.82, 2.24) is 0 Å². The van der Waals surface area contributed by atoms with E-state index in [1.807, 2.05) is 0 Å². The molecule has 0 fully saturated rings. The Labute approximate surface area is 108 Å². The molecule has 0 aliphatic carbocycles. The van der Waals surface area contributed by atoms with E-state index in [-0.39, 0.29) is 5.69 Å². The molecule has 1 amide bonds. The van der Waals surface area contributed by atoms with Crippen molar-refractivity contribution in [2.75, 3.05) is 5.32 Å². The summed E-state index contributed by atoms with van der Waals surface area (Å²) in [5.74, 6) is -13.5. The number of halogens is 7. The van der Waals surface area contributed by atoms with Crippen LogP contribution < -0.4 is 5.32 Å². The minimum absolute atomic E-state index is 0.00336. The molecule has 1 aromatic rings. The molecule has 20 heavy (non-hydrogen) atoms. The number of benzene rings is 1. The predicted octanol–water partition coefficient (Wildman–Crippen LogP) is 3.85. The predicted molar refractivity (Wildman–Crippen MR) is 55.6 cm³/mol. The first-order valence-corrected chi connectivity index (χ1v) is 5.14. The monoisotopic (exact) mass is 303 g/mol. The van der Waals surface area contributed by atoms with E-state index in [9.17, 15) is 35.5 Å². The van der Waals surface area contributed by atoms with Crippen LogP contribution in [0.25, 0.3) is 0 Å². The molecule has 0 saturated carbocycles. The number of para-hydroxylation sites is 1. The highest BCUT2D eigenvalue weighted by atomic mass is 19.4. The molecule has 9 heteroatoms. The summed E-state index contributed by atoms with van der Waals surface area (Å²) in [6.07, 6.45) is -8.72. The lowest BCUT2D eigenvalue weighted by Crippen LogP contribution is -2.53. The van der Waals surface area contributed by atoms with Gasteiger partial charge in [0, 0.05) is 5.69 Å². The van der Waals surface area contributed by atoms with E-state index in [1.165, 1.54) is 30.3 Å². The van der Waals surface area contributed by atoms with Crippen LogP contribution in [0.2, 0.25) is 0 Å². The number of carbonyl (C=O) groups excluding carboxylic acids is 1. The molecule has 0 radical (unpaired) electrons. The number of nitrogens with one attached hydrogen (secondary N) is 1. The van der Waals surface area contributed by atoms with E-state index in [0.29, 0.717) is 0 Å². The van der Waals surface area contributed by atoms with E-state index in [2.05, 4.69) is 0 Å². The molecule has 112 valence electrons. The molecular formula is C11H8F7NO. The second-order valence-corrected chi connectivity index (χ2v) is 3.87. The molecule has 0 heterocycles. The van der Waals surface area contributed by atoms with Crippen LogP contribution in [0.3, 0.4) is 0 Å². The highest BCUT2D eigenvalue weighted by Gasteiger charge is 2.73. The molecule has 0 atom stereocenters. The summed E-state index contributed by atoms with van der Waals surface area (Å²) in [5.41, 5.74) is 0.00336. The Morgan fingerprint density at radius 1 is 0.950 bits per heavy atom. The van der Waals surface area contributed by atoms with Gasteiger partial charge < -0.3 is 5.32 Å². The van der Waals surface area contributed by atoms with E-state index < -0.39 is 30.3 Å². The Bertz CT molecular complexity index is 469. The van der Waals surface area contributed by atoms with Gasteiger partial charge in [0.25, 0.3) is 0 Å². The molecule has 0 aromatic heterocycles. The molecule has 1 rings (SSSR count). The van der Waals surface area contributed by atoms with Gasteiger partial charge in [0.1, 0.15) is 0 Å². The summed E-state index contributed by atoms with van der Waals surface area (Å²) in [6.45, 7) is 0. The molecule has 1 aromatic carbocycles. The first-order valence-electron chi connectivity index (χ1n) is 5.14. The lowest BCUT2D eigenvalue weighted by molar-refractivity contribution is -0.353. The first-order chi connectivity index (χ1) is 8.97. The van der Waals surface area contributed by atoms with Crippen LogP contribution in [0, 0.1) is 0 Å². The van der Waals surface area contributed by atoms with Crippen molar-refractivity contribution in [2.45, 2.75) is 24.4 Å². The van der Waals surface area contributed by atoms with Gasteiger partial charge in [-0.15, -0.1) is 0 Å². The fourth-order valence-electron chi connectivity index (χ4n) is 1.25. The minimum Gasteiger partial charge on any atom is -0.326 e.